The lowest BCUT2D eigenvalue weighted by atomic mass is 9.94. The SMILES string of the molecule is CCCCN1C(=S)NC(c2ccc(OC)cc2)C(c2nc(-c3ccc(SC)cc3)no2)=C1C. The van der Waals surface area contributed by atoms with Crippen LogP contribution in [-0.4, -0.2) is 40.1 Å². The van der Waals surface area contributed by atoms with E-state index >= 15 is 0 Å². The number of methoxy groups -OCH3 is 1. The molecule has 0 radical (unpaired) electrons. The molecule has 1 atom stereocenters. The van der Waals surface area contributed by atoms with Gasteiger partial charge in [0.25, 0.3) is 5.89 Å². The zero-order valence-corrected chi connectivity index (χ0v) is 20.9. The van der Waals surface area contributed by atoms with Gasteiger partial charge in [0.05, 0.1) is 18.7 Å². The molecule has 0 saturated heterocycles. The third kappa shape index (κ3) is 4.91. The molecule has 1 N–H and O–H groups in total. The summed E-state index contributed by atoms with van der Waals surface area (Å²) in [5.74, 6) is 1.87. The molecule has 4 rings (SSSR count). The average Bonchev–Trinajstić information content (AvgIpc) is 3.33. The highest BCUT2D eigenvalue weighted by Gasteiger charge is 2.33. The molecule has 2 aromatic carbocycles. The summed E-state index contributed by atoms with van der Waals surface area (Å²) in [6.07, 6.45) is 4.18. The summed E-state index contributed by atoms with van der Waals surface area (Å²) in [7, 11) is 1.66. The van der Waals surface area contributed by atoms with Crippen LogP contribution in [0.25, 0.3) is 17.0 Å². The summed E-state index contributed by atoms with van der Waals surface area (Å²) in [6, 6.07) is 15.9. The second-order valence-corrected chi connectivity index (χ2v) is 9.08. The van der Waals surface area contributed by atoms with Crippen LogP contribution in [-0.2, 0) is 0 Å². The first kappa shape index (κ1) is 23.3. The normalized spacial score (nSPS) is 16.2. The maximum absolute atomic E-state index is 5.81. The fourth-order valence-electron chi connectivity index (χ4n) is 3.88. The van der Waals surface area contributed by atoms with Crippen molar-refractivity contribution in [2.75, 3.05) is 19.9 Å². The van der Waals surface area contributed by atoms with Crippen molar-refractivity contribution in [1.29, 1.82) is 0 Å². The Morgan fingerprint density at radius 3 is 2.52 bits per heavy atom. The minimum absolute atomic E-state index is 0.201. The number of ether oxygens (including phenoxy) is 1. The van der Waals surface area contributed by atoms with Gasteiger partial charge in [-0.15, -0.1) is 11.8 Å². The van der Waals surface area contributed by atoms with Crippen LogP contribution < -0.4 is 10.1 Å². The Morgan fingerprint density at radius 1 is 1.15 bits per heavy atom. The molecule has 33 heavy (non-hydrogen) atoms. The molecule has 1 unspecified atom stereocenters. The van der Waals surface area contributed by atoms with Gasteiger partial charge in [-0.1, -0.05) is 30.6 Å². The molecule has 0 saturated carbocycles. The number of allylic oxidation sites excluding steroid dienone is 1. The lowest BCUT2D eigenvalue weighted by molar-refractivity contribution is 0.395. The Hall–Kier alpha value is -2.84. The van der Waals surface area contributed by atoms with Gasteiger partial charge >= 0.3 is 0 Å². The van der Waals surface area contributed by atoms with E-state index in [-0.39, 0.29) is 6.04 Å². The van der Waals surface area contributed by atoms with E-state index in [1.807, 2.05) is 36.4 Å². The maximum atomic E-state index is 5.81. The van der Waals surface area contributed by atoms with Crippen LogP contribution in [0.15, 0.2) is 63.6 Å². The molecule has 0 bridgehead atoms. The zero-order chi connectivity index (χ0) is 23.4. The van der Waals surface area contributed by atoms with Crippen LogP contribution in [0.3, 0.4) is 0 Å². The van der Waals surface area contributed by atoms with Crippen molar-refractivity contribution in [1.82, 2.24) is 20.4 Å². The van der Waals surface area contributed by atoms with Crippen molar-refractivity contribution in [2.45, 2.75) is 37.6 Å². The molecular weight excluding hydrogens is 452 g/mol. The number of nitrogens with zero attached hydrogens (tertiary/aromatic N) is 3. The van der Waals surface area contributed by atoms with Gasteiger partial charge in [0.2, 0.25) is 5.82 Å². The summed E-state index contributed by atoms with van der Waals surface area (Å²) >= 11 is 7.44. The van der Waals surface area contributed by atoms with E-state index in [4.69, 9.17) is 26.5 Å². The number of aromatic nitrogens is 2. The molecule has 0 amide bonds. The first-order valence-corrected chi connectivity index (χ1v) is 12.6. The number of thioether (sulfide) groups is 1. The largest absolute Gasteiger partial charge is 0.497 e. The lowest BCUT2D eigenvalue weighted by Gasteiger charge is -2.37. The quantitative estimate of drug-likeness (QED) is 0.314. The molecule has 172 valence electrons. The van der Waals surface area contributed by atoms with Crippen LogP contribution >= 0.6 is 24.0 Å². The van der Waals surface area contributed by atoms with Gasteiger partial charge in [0.1, 0.15) is 5.75 Å². The first-order chi connectivity index (χ1) is 16.0. The topological polar surface area (TPSA) is 63.4 Å². The van der Waals surface area contributed by atoms with Crippen LogP contribution in [0.2, 0.25) is 0 Å². The molecule has 1 aromatic heterocycles. The molecule has 0 aliphatic carbocycles. The maximum Gasteiger partial charge on any atom is 0.258 e. The Morgan fingerprint density at radius 2 is 1.88 bits per heavy atom. The predicted octanol–water partition coefficient (Wildman–Crippen LogP) is 5.93. The molecule has 1 aliphatic heterocycles. The third-order valence-electron chi connectivity index (χ3n) is 5.79. The number of rotatable bonds is 8. The van der Waals surface area contributed by atoms with Crippen molar-refractivity contribution < 1.29 is 9.26 Å². The van der Waals surface area contributed by atoms with Crippen molar-refractivity contribution in [2.24, 2.45) is 0 Å². The second kappa shape index (κ2) is 10.4. The van der Waals surface area contributed by atoms with E-state index in [9.17, 15) is 0 Å². The van der Waals surface area contributed by atoms with E-state index in [0.29, 0.717) is 16.8 Å². The van der Waals surface area contributed by atoms with Crippen LogP contribution in [0.1, 0.15) is 44.2 Å². The molecule has 0 spiro atoms. The number of benzene rings is 2. The molecule has 0 fully saturated rings. The smallest absolute Gasteiger partial charge is 0.258 e. The highest BCUT2D eigenvalue weighted by atomic mass is 32.2. The molecule has 2 heterocycles. The second-order valence-electron chi connectivity index (χ2n) is 7.81. The number of nitrogens with one attached hydrogen (secondary N) is 1. The van der Waals surface area contributed by atoms with E-state index in [1.54, 1.807) is 18.9 Å². The summed E-state index contributed by atoms with van der Waals surface area (Å²) in [5.41, 5.74) is 3.93. The fraction of sp³-hybridized carbons (Fsp3) is 0.320. The fourth-order valence-corrected chi connectivity index (χ4v) is 4.63. The number of unbranched alkanes of at least 4 members (excludes halogenated alkanes) is 1. The summed E-state index contributed by atoms with van der Waals surface area (Å²) in [6.45, 7) is 5.09. The van der Waals surface area contributed by atoms with Crippen molar-refractivity contribution in [3.8, 4) is 17.1 Å². The Kier molecular flexibility index (Phi) is 7.35. The van der Waals surface area contributed by atoms with Crippen molar-refractivity contribution in [3.63, 3.8) is 0 Å². The summed E-state index contributed by atoms with van der Waals surface area (Å²) in [4.78, 5) is 8.10. The van der Waals surface area contributed by atoms with E-state index < -0.39 is 0 Å². The minimum atomic E-state index is -0.201. The van der Waals surface area contributed by atoms with Crippen molar-refractivity contribution in [3.05, 3.63) is 65.7 Å². The summed E-state index contributed by atoms with van der Waals surface area (Å²) in [5, 5.41) is 8.49. The first-order valence-electron chi connectivity index (χ1n) is 11.0. The Bertz CT molecular complexity index is 1140. The lowest BCUT2D eigenvalue weighted by Crippen LogP contribution is -2.46. The van der Waals surface area contributed by atoms with Gasteiger partial charge in [-0.25, -0.2) is 0 Å². The monoisotopic (exact) mass is 480 g/mol. The van der Waals surface area contributed by atoms with Crippen molar-refractivity contribution >= 4 is 34.7 Å². The van der Waals surface area contributed by atoms with Gasteiger partial charge in [-0.3, -0.25) is 0 Å². The van der Waals surface area contributed by atoms with Gasteiger partial charge < -0.3 is 19.5 Å². The number of hydrogen-bond acceptors (Lipinski definition) is 6. The molecule has 1 aliphatic rings. The molecule has 6 nitrogen and oxygen atoms in total. The number of hydrogen-bond donors (Lipinski definition) is 1. The van der Waals surface area contributed by atoms with E-state index in [0.717, 1.165) is 47.5 Å². The van der Waals surface area contributed by atoms with Gasteiger partial charge in [-0.2, -0.15) is 4.98 Å². The average molecular weight is 481 g/mol. The highest BCUT2D eigenvalue weighted by Crippen LogP contribution is 2.38. The third-order valence-corrected chi connectivity index (χ3v) is 6.87. The van der Waals surface area contributed by atoms with E-state index in [2.05, 4.69) is 47.6 Å². The number of thiocarbonyl (C=S) groups is 1. The zero-order valence-electron chi connectivity index (χ0n) is 19.3. The van der Waals surface area contributed by atoms with Crippen LogP contribution in [0.5, 0.6) is 5.75 Å². The minimum Gasteiger partial charge on any atom is -0.497 e. The molecule has 8 heteroatoms. The molecular formula is C25H28N4O2S2. The van der Waals surface area contributed by atoms with Gasteiger partial charge in [-0.05, 0) is 73.8 Å². The van der Waals surface area contributed by atoms with Gasteiger partial charge in [0.15, 0.2) is 5.11 Å². The van der Waals surface area contributed by atoms with Gasteiger partial charge in [0, 0.05) is 22.7 Å². The summed E-state index contributed by atoms with van der Waals surface area (Å²) < 4.78 is 11.1. The molecule has 3 aromatic rings. The van der Waals surface area contributed by atoms with Crippen LogP contribution in [0, 0.1) is 0 Å². The standard InChI is InChI=1S/C25H28N4O2S2/c1-5-6-15-29-16(2)21(22(26-25(29)32)17-7-11-19(30-3)12-8-17)24-27-23(28-31-24)18-9-13-20(33-4)14-10-18/h7-14,22H,5-6,15H2,1-4H3,(H,26,32). The van der Waals surface area contributed by atoms with E-state index in [1.165, 1.54) is 4.90 Å². The van der Waals surface area contributed by atoms with Crippen LogP contribution in [0.4, 0.5) is 0 Å². The Labute approximate surface area is 204 Å². The predicted molar refractivity (Wildman–Crippen MR) is 137 cm³/mol. The highest BCUT2D eigenvalue weighted by molar-refractivity contribution is 7.98. The Balaban J connectivity index is 1.76.